The Morgan fingerprint density at radius 1 is 1.09 bits per heavy atom. The van der Waals surface area contributed by atoms with E-state index in [1.165, 1.54) is 0 Å². The third kappa shape index (κ3) is 2.62. The zero-order valence-electron chi connectivity index (χ0n) is 12.2. The van der Waals surface area contributed by atoms with Crippen molar-refractivity contribution >= 4 is 11.5 Å². The molecule has 2 aromatic carbocycles. The van der Waals surface area contributed by atoms with Crippen LogP contribution in [0.5, 0.6) is 11.5 Å². The molecule has 0 aliphatic carbocycles. The fourth-order valence-electron chi connectivity index (χ4n) is 2.39. The highest BCUT2D eigenvalue weighted by atomic mass is 16.7. The van der Waals surface area contributed by atoms with Gasteiger partial charge in [0.25, 0.3) is 0 Å². The first kappa shape index (κ1) is 13.4. The third-order valence-corrected chi connectivity index (χ3v) is 3.59. The molecule has 0 unspecified atom stereocenters. The zero-order valence-corrected chi connectivity index (χ0v) is 12.2. The number of nitrogens with one attached hydrogen (secondary N) is 1. The van der Waals surface area contributed by atoms with E-state index in [0.717, 1.165) is 28.3 Å². The van der Waals surface area contributed by atoms with Gasteiger partial charge in [-0.1, -0.05) is 12.1 Å². The normalized spacial score (nSPS) is 13.3. The Bertz CT molecular complexity index is 855. The Labute approximate surface area is 132 Å². The lowest BCUT2D eigenvalue weighted by atomic mass is 10.1. The van der Waals surface area contributed by atoms with E-state index >= 15 is 0 Å². The molecule has 0 fully saturated rings. The molecule has 23 heavy (non-hydrogen) atoms. The fraction of sp³-hybridized carbons (Fsp3) is 0.0588. The van der Waals surface area contributed by atoms with Gasteiger partial charge in [-0.25, -0.2) is 9.98 Å². The largest absolute Gasteiger partial charge is 0.454 e. The predicted molar refractivity (Wildman–Crippen MR) is 87.0 cm³/mol. The summed E-state index contributed by atoms with van der Waals surface area (Å²) in [4.78, 5) is 11.5. The van der Waals surface area contributed by atoms with E-state index in [9.17, 15) is 0 Å². The lowest BCUT2D eigenvalue weighted by Crippen LogP contribution is -2.12. The number of aromatic amines is 1. The molecule has 2 heterocycles. The Morgan fingerprint density at radius 2 is 1.91 bits per heavy atom. The fourth-order valence-corrected chi connectivity index (χ4v) is 2.39. The maximum Gasteiger partial charge on any atom is 0.231 e. The minimum absolute atomic E-state index is 0.241. The van der Waals surface area contributed by atoms with Crippen LogP contribution in [0.4, 0.5) is 5.69 Å². The van der Waals surface area contributed by atoms with Crippen LogP contribution in [0, 0.1) is 0 Å². The van der Waals surface area contributed by atoms with Crippen molar-refractivity contribution in [2.45, 2.75) is 0 Å². The number of fused-ring (bicyclic) bond motifs is 1. The van der Waals surface area contributed by atoms with Crippen molar-refractivity contribution in [3.05, 3.63) is 60.6 Å². The lowest BCUT2D eigenvalue weighted by molar-refractivity contribution is 0.174. The number of amidine groups is 1. The molecule has 6 heteroatoms. The Hall–Kier alpha value is -3.28. The van der Waals surface area contributed by atoms with Gasteiger partial charge in [0.2, 0.25) is 6.79 Å². The minimum atomic E-state index is 0.241. The molecule has 1 aliphatic rings. The number of benzene rings is 2. The smallest absolute Gasteiger partial charge is 0.231 e. The number of imidazole rings is 1. The van der Waals surface area contributed by atoms with Gasteiger partial charge in [-0.3, -0.25) is 0 Å². The first-order chi connectivity index (χ1) is 11.3. The molecule has 1 aliphatic heterocycles. The quantitative estimate of drug-likeness (QED) is 0.575. The van der Waals surface area contributed by atoms with E-state index in [4.69, 9.17) is 15.2 Å². The molecule has 0 radical (unpaired) electrons. The monoisotopic (exact) mass is 306 g/mol. The van der Waals surface area contributed by atoms with E-state index in [0.29, 0.717) is 11.6 Å². The van der Waals surface area contributed by atoms with Gasteiger partial charge in [-0.05, 0) is 35.9 Å². The predicted octanol–water partition coefficient (Wildman–Crippen LogP) is 2.84. The van der Waals surface area contributed by atoms with Crippen molar-refractivity contribution in [1.29, 1.82) is 0 Å². The van der Waals surface area contributed by atoms with Gasteiger partial charge in [0.05, 0.1) is 23.9 Å². The number of aromatic nitrogens is 2. The highest BCUT2D eigenvalue weighted by Gasteiger charge is 2.14. The van der Waals surface area contributed by atoms with Gasteiger partial charge < -0.3 is 20.2 Å². The number of nitrogens with two attached hydrogens (primary N) is 1. The number of hydrogen-bond acceptors (Lipinski definition) is 4. The van der Waals surface area contributed by atoms with E-state index in [2.05, 4.69) is 15.0 Å². The first-order valence-corrected chi connectivity index (χ1v) is 7.12. The molecule has 0 saturated carbocycles. The van der Waals surface area contributed by atoms with Crippen molar-refractivity contribution in [2.75, 3.05) is 6.79 Å². The van der Waals surface area contributed by atoms with Crippen LogP contribution in [0.1, 0.15) is 5.56 Å². The van der Waals surface area contributed by atoms with Crippen LogP contribution >= 0.6 is 0 Å². The summed E-state index contributed by atoms with van der Waals surface area (Å²) in [7, 11) is 0. The van der Waals surface area contributed by atoms with E-state index in [1.807, 2.05) is 42.5 Å². The Balaban J connectivity index is 1.59. The Morgan fingerprint density at radius 3 is 2.70 bits per heavy atom. The third-order valence-electron chi connectivity index (χ3n) is 3.59. The van der Waals surface area contributed by atoms with Crippen molar-refractivity contribution in [2.24, 2.45) is 10.7 Å². The summed E-state index contributed by atoms with van der Waals surface area (Å²) in [5.74, 6) is 1.85. The summed E-state index contributed by atoms with van der Waals surface area (Å²) >= 11 is 0. The topological polar surface area (TPSA) is 85.5 Å². The summed E-state index contributed by atoms with van der Waals surface area (Å²) in [6, 6.07) is 13.3. The van der Waals surface area contributed by atoms with Gasteiger partial charge >= 0.3 is 0 Å². The zero-order chi connectivity index (χ0) is 15.6. The van der Waals surface area contributed by atoms with Gasteiger partial charge in [0.15, 0.2) is 11.5 Å². The number of nitrogens with zero attached hydrogens (tertiary/aromatic N) is 2. The second-order valence-corrected chi connectivity index (χ2v) is 5.08. The minimum Gasteiger partial charge on any atom is -0.454 e. The van der Waals surface area contributed by atoms with Crippen molar-refractivity contribution < 1.29 is 9.47 Å². The molecule has 6 nitrogen and oxygen atoms in total. The highest BCUT2D eigenvalue weighted by molar-refractivity contribution is 5.99. The summed E-state index contributed by atoms with van der Waals surface area (Å²) in [5.41, 5.74) is 9.68. The highest BCUT2D eigenvalue weighted by Crippen LogP contribution is 2.32. The summed E-state index contributed by atoms with van der Waals surface area (Å²) < 4.78 is 10.6. The number of H-pyrrole nitrogens is 1. The van der Waals surface area contributed by atoms with Crippen LogP contribution in [0.25, 0.3) is 11.3 Å². The summed E-state index contributed by atoms with van der Waals surface area (Å²) in [6.45, 7) is 0.241. The Kier molecular flexibility index (Phi) is 3.20. The molecule has 114 valence electrons. The molecule has 0 amide bonds. The van der Waals surface area contributed by atoms with Crippen LogP contribution in [0.3, 0.4) is 0 Å². The van der Waals surface area contributed by atoms with Gasteiger partial charge in [-0.15, -0.1) is 0 Å². The lowest BCUT2D eigenvalue weighted by Gasteiger charge is -2.04. The molecule has 3 N–H and O–H groups in total. The van der Waals surface area contributed by atoms with Crippen LogP contribution in [-0.2, 0) is 0 Å². The second kappa shape index (κ2) is 5.49. The molecule has 0 saturated heterocycles. The standard InChI is InChI=1S/C17H14N4O2/c18-17(12-3-6-15-16(7-12)23-10-22-15)21-13-4-1-11(2-5-13)14-8-19-9-20-14/h1-9H,10H2,(H2,18,21)(H,19,20). The SMILES string of the molecule is NC(=Nc1ccc(-c2cnc[nH]2)cc1)c1ccc2c(c1)OCO2. The van der Waals surface area contributed by atoms with Gasteiger partial charge in [0.1, 0.15) is 5.84 Å². The van der Waals surface area contributed by atoms with Crippen LogP contribution in [0.15, 0.2) is 60.0 Å². The maximum atomic E-state index is 6.09. The van der Waals surface area contributed by atoms with E-state index < -0.39 is 0 Å². The molecular weight excluding hydrogens is 292 g/mol. The van der Waals surface area contributed by atoms with E-state index in [1.54, 1.807) is 12.5 Å². The van der Waals surface area contributed by atoms with Gasteiger partial charge in [0, 0.05) is 5.56 Å². The van der Waals surface area contributed by atoms with Crippen molar-refractivity contribution in [1.82, 2.24) is 9.97 Å². The molecule has 4 rings (SSSR count). The summed E-state index contributed by atoms with van der Waals surface area (Å²) in [6.07, 6.45) is 3.43. The van der Waals surface area contributed by atoms with Crippen LogP contribution < -0.4 is 15.2 Å². The molecule has 3 aromatic rings. The number of aliphatic imine (C=N–C) groups is 1. The van der Waals surface area contributed by atoms with Crippen LogP contribution in [0.2, 0.25) is 0 Å². The first-order valence-electron chi connectivity index (χ1n) is 7.12. The van der Waals surface area contributed by atoms with E-state index in [-0.39, 0.29) is 6.79 Å². The number of ether oxygens (including phenoxy) is 2. The molecular formula is C17H14N4O2. The number of rotatable bonds is 3. The van der Waals surface area contributed by atoms with Gasteiger partial charge in [-0.2, -0.15) is 0 Å². The molecule has 0 atom stereocenters. The molecule has 1 aromatic heterocycles. The average molecular weight is 306 g/mol. The van der Waals surface area contributed by atoms with Crippen molar-refractivity contribution in [3.8, 4) is 22.8 Å². The second-order valence-electron chi connectivity index (χ2n) is 5.08. The molecule has 0 bridgehead atoms. The molecule has 0 spiro atoms. The van der Waals surface area contributed by atoms with Crippen LogP contribution in [-0.4, -0.2) is 22.6 Å². The number of hydrogen-bond donors (Lipinski definition) is 2. The summed E-state index contributed by atoms with van der Waals surface area (Å²) in [5, 5.41) is 0. The maximum absolute atomic E-state index is 6.09. The van der Waals surface area contributed by atoms with Crippen molar-refractivity contribution in [3.63, 3.8) is 0 Å². The average Bonchev–Trinajstić information content (AvgIpc) is 3.26.